The van der Waals surface area contributed by atoms with Gasteiger partial charge in [-0.05, 0) is 49.3 Å². The van der Waals surface area contributed by atoms with Crippen LogP contribution in [0.15, 0.2) is 49.1 Å². The molecule has 0 fully saturated rings. The van der Waals surface area contributed by atoms with Gasteiger partial charge in [0.15, 0.2) is 11.5 Å². The smallest absolute Gasteiger partial charge is 0.231 e. The average molecular weight is 348 g/mol. The first-order chi connectivity index (χ1) is 12.4. The highest BCUT2D eigenvalue weighted by Gasteiger charge is 2.23. The molecule has 0 saturated carbocycles. The predicted molar refractivity (Wildman–Crippen MR) is 102 cm³/mol. The minimum atomic E-state index is -0.378. The summed E-state index contributed by atoms with van der Waals surface area (Å²) < 4.78 is 16.6. The second-order valence-corrected chi connectivity index (χ2v) is 6.92. The van der Waals surface area contributed by atoms with E-state index in [2.05, 4.69) is 6.58 Å². The van der Waals surface area contributed by atoms with Crippen molar-refractivity contribution in [3.05, 3.63) is 65.8 Å². The zero-order valence-corrected chi connectivity index (χ0v) is 14.8. The summed E-state index contributed by atoms with van der Waals surface area (Å²) in [6.45, 7) is 8.29. The van der Waals surface area contributed by atoms with Crippen LogP contribution in [0.25, 0.3) is 17.7 Å². The van der Waals surface area contributed by atoms with Crippen LogP contribution in [0.4, 0.5) is 0 Å². The molecule has 0 saturated heterocycles. The van der Waals surface area contributed by atoms with E-state index in [1.807, 2.05) is 62.4 Å². The third-order valence-corrected chi connectivity index (χ3v) is 4.38. The van der Waals surface area contributed by atoms with Crippen molar-refractivity contribution in [1.82, 2.24) is 0 Å². The fourth-order valence-electron chi connectivity index (χ4n) is 2.97. The number of benzene rings is 2. The van der Waals surface area contributed by atoms with Crippen molar-refractivity contribution < 1.29 is 19.3 Å². The number of phenolic OH excluding ortho intramolecular Hbond substituents is 1. The number of hydrogen-bond acceptors (Lipinski definition) is 4. The fraction of sp³-hybridized carbons (Fsp3) is 0.182. The highest BCUT2D eigenvalue weighted by molar-refractivity contribution is 5.83. The number of hydrogen-bond donors (Lipinski definition) is 1. The van der Waals surface area contributed by atoms with E-state index in [4.69, 9.17) is 14.2 Å². The van der Waals surface area contributed by atoms with Crippen LogP contribution in [0, 0.1) is 0 Å². The summed E-state index contributed by atoms with van der Waals surface area (Å²) >= 11 is 0. The zero-order chi connectivity index (χ0) is 18.3. The number of aromatic hydroxyl groups is 1. The van der Waals surface area contributed by atoms with Crippen molar-refractivity contribution in [3.8, 4) is 23.0 Å². The van der Waals surface area contributed by atoms with Crippen molar-refractivity contribution in [2.24, 2.45) is 0 Å². The molecule has 2 aliphatic rings. The molecule has 0 spiro atoms. The minimum Gasteiger partial charge on any atom is -0.507 e. The van der Waals surface area contributed by atoms with Gasteiger partial charge in [-0.3, -0.25) is 0 Å². The van der Waals surface area contributed by atoms with Gasteiger partial charge in [-0.1, -0.05) is 30.9 Å². The standard InChI is InChI=1S/C22H20O4/c1-14(4-5-15-6-7-19-21(10-15)25-13-24-19)17-11-16-8-9-22(2,3)26-20(16)12-18(17)23/h4-12,23H,1,13H2,2-3H3. The van der Waals surface area contributed by atoms with E-state index < -0.39 is 0 Å². The monoisotopic (exact) mass is 348 g/mol. The average Bonchev–Trinajstić information content (AvgIpc) is 3.06. The Kier molecular flexibility index (Phi) is 3.76. The number of ether oxygens (including phenoxy) is 3. The van der Waals surface area contributed by atoms with Gasteiger partial charge in [-0.2, -0.15) is 0 Å². The molecule has 0 unspecified atom stereocenters. The fourth-order valence-corrected chi connectivity index (χ4v) is 2.97. The van der Waals surface area contributed by atoms with Crippen molar-refractivity contribution in [2.45, 2.75) is 19.4 Å². The maximum atomic E-state index is 10.4. The van der Waals surface area contributed by atoms with E-state index in [0.29, 0.717) is 16.9 Å². The third-order valence-electron chi connectivity index (χ3n) is 4.38. The third kappa shape index (κ3) is 3.06. The highest BCUT2D eigenvalue weighted by Crippen LogP contribution is 2.38. The number of allylic oxidation sites excluding steroid dienone is 2. The molecule has 2 aliphatic heterocycles. The van der Waals surface area contributed by atoms with E-state index in [1.54, 1.807) is 6.07 Å². The van der Waals surface area contributed by atoms with E-state index in [-0.39, 0.29) is 18.1 Å². The Hall–Kier alpha value is -3.14. The van der Waals surface area contributed by atoms with Crippen LogP contribution in [-0.2, 0) is 0 Å². The molecule has 0 bridgehead atoms. The summed E-state index contributed by atoms with van der Waals surface area (Å²) in [6, 6.07) is 9.28. The maximum Gasteiger partial charge on any atom is 0.231 e. The van der Waals surface area contributed by atoms with Gasteiger partial charge >= 0.3 is 0 Å². The van der Waals surface area contributed by atoms with Gasteiger partial charge < -0.3 is 19.3 Å². The van der Waals surface area contributed by atoms with Gasteiger partial charge in [0, 0.05) is 17.2 Å². The molecule has 4 rings (SSSR count). The van der Waals surface area contributed by atoms with E-state index in [9.17, 15) is 5.11 Å². The number of phenols is 1. The second-order valence-electron chi connectivity index (χ2n) is 6.92. The first kappa shape index (κ1) is 16.3. The van der Waals surface area contributed by atoms with E-state index >= 15 is 0 Å². The summed E-state index contributed by atoms with van der Waals surface area (Å²) in [4.78, 5) is 0. The summed E-state index contributed by atoms with van der Waals surface area (Å²) in [5.74, 6) is 2.31. The van der Waals surface area contributed by atoms with Crippen molar-refractivity contribution in [2.75, 3.05) is 6.79 Å². The Morgan fingerprint density at radius 1 is 1.12 bits per heavy atom. The molecule has 26 heavy (non-hydrogen) atoms. The molecule has 2 aromatic carbocycles. The molecule has 2 heterocycles. The van der Waals surface area contributed by atoms with Crippen LogP contribution in [0.3, 0.4) is 0 Å². The Bertz CT molecular complexity index is 951. The molecule has 0 atom stereocenters. The molecule has 132 valence electrons. The van der Waals surface area contributed by atoms with Gasteiger partial charge in [0.05, 0.1) is 0 Å². The maximum absolute atomic E-state index is 10.4. The summed E-state index contributed by atoms with van der Waals surface area (Å²) in [6.07, 6.45) is 7.81. The molecule has 0 radical (unpaired) electrons. The summed E-state index contributed by atoms with van der Waals surface area (Å²) in [5.41, 5.74) is 2.90. The van der Waals surface area contributed by atoms with Gasteiger partial charge in [-0.25, -0.2) is 0 Å². The molecule has 0 aromatic heterocycles. The van der Waals surface area contributed by atoms with Crippen molar-refractivity contribution in [1.29, 1.82) is 0 Å². The predicted octanol–water partition coefficient (Wildman–Crippen LogP) is 5.03. The zero-order valence-electron chi connectivity index (χ0n) is 14.8. The Balaban J connectivity index is 1.59. The van der Waals surface area contributed by atoms with E-state index in [1.165, 1.54) is 0 Å². The highest BCUT2D eigenvalue weighted by atomic mass is 16.7. The molecular formula is C22H20O4. The Morgan fingerprint density at radius 3 is 2.77 bits per heavy atom. The van der Waals surface area contributed by atoms with Crippen LogP contribution in [0.2, 0.25) is 0 Å². The Morgan fingerprint density at radius 2 is 1.92 bits per heavy atom. The molecule has 0 aliphatic carbocycles. The Labute approximate surface area is 152 Å². The quantitative estimate of drug-likeness (QED) is 0.790. The lowest BCUT2D eigenvalue weighted by Gasteiger charge is -2.28. The van der Waals surface area contributed by atoms with E-state index in [0.717, 1.165) is 22.6 Å². The van der Waals surface area contributed by atoms with Crippen molar-refractivity contribution >= 4 is 17.7 Å². The van der Waals surface area contributed by atoms with Gasteiger partial charge in [-0.15, -0.1) is 0 Å². The molecule has 1 N–H and O–H groups in total. The lowest BCUT2D eigenvalue weighted by atomic mass is 9.97. The van der Waals surface area contributed by atoms with Gasteiger partial charge in [0.25, 0.3) is 0 Å². The van der Waals surface area contributed by atoms with Gasteiger partial charge in [0.2, 0.25) is 6.79 Å². The largest absolute Gasteiger partial charge is 0.507 e. The van der Waals surface area contributed by atoms with Crippen molar-refractivity contribution in [3.63, 3.8) is 0 Å². The normalized spacial score (nSPS) is 16.4. The van der Waals surface area contributed by atoms with Gasteiger partial charge in [0.1, 0.15) is 17.1 Å². The first-order valence-electron chi connectivity index (χ1n) is 8.44. The molecular weight excluding hydrogens is 328 g/mol. The van der Waals surface area contributed by atoms with Crippen LogP contribution in [0.5, 0.6) is 23.0 Å². The molecule has 4 heteroatoms. The van der Waals surface area contributed by atoms with Crippen LogP contribution in [0.1, 0.15) is 30.5 Å². The van der Waals surface area contributed by atoms with Crippen LogP contribution >= 0.6 is 0 Å². The molecule has 4 nitrogen and oxygen atoms in total. The number of rotatable bonds is 3. The summed E-state index contributed by atoms with van der Waals surface area (Å²) in [5, 5.41) is 10.4. The molecule has 2 aromatic rings. The summed E-state index contributed by atoms with van der Waals surface area (Å²) in [7, 11) is 0. The van der Waals surface area contributed by atoms with Crippen LogP contribution in [-0.4, -0.2) is 17.5 Å². The first-order valence-corrected chi connectivity index (χ1v) is 8.44. The second kappa shape index (κ2) is 5.99. The lowest BCUT2D eigenvalue weighted by Crippen LogP contribution is -2.27. The SMILES string of the molecule is C=C(C=Cc1ccc2c(c1)OCO2)c1cc2c(cc1O)OC(C)(C)C=C2. The lowest BCUT2D eigenvalue weighted by molar-refractivity contribution is 0.158. The molecule has 0 amide bonds. The topological polar surface area (TPSA) is 47.9 Å². The van der Waals surface area contributed by atoms with Crippen LogP contribution < -0.4 is 14.2 Å². The number of fused-ring (bicyclic) bond motifs is 2. The minimum absolute atomic E-state index is 0.148.